The Balaban J connectivity index is 1.54. The average Bonchev–Trinajstić information content (AvgIpc) is 3.04. The zero-order valence-electron chi connectivity index (χ0n) is 18.5. The van der Waals surface area contributed by atoms with Gasteiger partial charge in [-0.05, 0) is 66.9 Å². The molecule has 8 heteroatoms. The molecule has 0 spiro atoms. The molecule has 1 heterocycles. The molecule has 34 heavy (non-hydrogen) atoms. The van der Waals surface area contributed by atoms with Crippen molar-refractivity contribution in [3.63, 3.8) is 0 Å². The summed E-state index contributed by atoms with van der Waals surface area (Å²) in [4.78, 5) is 39.6. The molecular formula is C26H21Cl2N3O3. The van der Waals surface area contributed by atoms with Crippen molar-refractivity contribution in [2.75, 3.05) is 15.5 Å². The van der Waals surface area contributed by atoms with Crippen molar-refractivity contribution >= 4 is 58.0 Å². The monoisotopic (exact) mass is 493 g/mol. The summed E-state index contributed by atoms with van der Waals surface area (Å²) in [5.41, 5.74) is 3.54. The molecule has 4 rings (SSSR count). The first-order valence-corrected chi connectivity index (χ1v) is 11.4. The normalized spacial score (nSPS) is 13.5. The van der Waals surface area contributed by atoms with Crippen LogP contribution >= 0.6 is 23.2 Å². The van der Waals surface area contributed by atoms with Gasteiger partial charge in [0.2, 0.25) is 0 Å². The van der Waals surface area contributed by atoms with Crippen LogP contribution in [0.5, 0.6) is 0 Å². The Bertz CT molecular complexity index is 1330. The molecule has 0 bridgehead atoms. The summed E-state index contributed by atoms with van der Waals surface area (Å²) in [5.74, 6) is -1.56. The van der Waals surface area contributed by atoms with E-state index in [9.17, 15) is 14.4 Å². The summed E-state index contributed by atoms with van der Waals surface area (Å²) < 4.78 is 0. The van der Waals surface area contributed by atoms with Crippen LogP contribution in [0, 0.1) is 6.92 Å². The van der Waals surface area contributed by atoms with Gasteiger partial charge in [0.15, 0.2) is 0 Å². The quantitative estimate of drug-likeness (QED) is 0.419. The molecular weight excluding hydrogens is 473 g/mol. The summed E-state index contributed by atoms with van der Waals surface area (Å²) >= 11 is 12.4. The molecule has 2 N–H and O–H groups in total. The van der Waals surface area contributed by atoms with Crippen molar-refractivity contribution in [1.29, 1.82) is 0 Å². The lowest BCUT2D eigenvalue weighted by molar-refractivity contribution is -0.120. The number of hydrogen-bond donors (Lipinski definition) is 2. The zero-order valence-corrected chi connectivity index (χ0v) is 20.0. The van der Waals surface area contributed by atoms with E-state index in [0.717, 1.165) is 11.3 Å². The second-order valence-electron chi connectivity index (χ2n) is 7.73. The molecule has 1 aliphatic heterocycles. The number of imide groups is 1. The van der Waals surface area contributed by atoms with E-state index in [2.05, 4.69) is 17.6 Å². The van der Waals surface area contributed by atoms with Crippen LogP contribution < -0.4 is 15.5 Å². The predicted octanol–water partition coefficient (Wildman–Crippen LogP) is 5.90. The Morgan fingerprint density at radius 2 is 1.62 bits per heavy atom. The minimum Gasteiger partial charge on any atom is -0.350 e. The highest BCUT2D eigenvalue weighted by Gasteiger charge is 2.39. The van der Waals surface area contributed by atoms with Gasteiger partial charge < -0.3 is 10.6 Å². The standard InChI is InChI=1S/C26H21Cl2N3O3/c1-3-16-10-12-18(13-11-16)30-24(32)17-6-4-7-19(14-17)29-23-22(28)25(33)31(26(23)34)21-9-5-8-20(27)15(21)2/h4-14,29H,3H2,1-2H3,(H,30,32). The Hall–Kier alpha value is -3.61. The fourth-order valence-corrected chi connectivity index (χ4v) is 3.96. The lowest BCUT2D eigenvalue weighted by Gasteiger charge is -2.18. The SMILES string of the molecule is CCc1ccc(NC(=O)c2cccc(NC3=C(Cl)C(=O)N(c4cccc(Cl)c4C)C3=O)c2)cc1. The van der Waals surface area contributed by atoms with Crippen LogP contribution in [0.4, 0.5) is 17.1 Å². The fourth-order valence-electron chi connectivity index (χ4n) is 3.58. The van der Waals surface area contributed by atoms with Gasteiger partial charge in [-0.25, -0.2) is 4.90 Å². The van der Waals surface area contributed by atoms with Gasteiger partial charge in [-0.1, -0.05) is 54.4 Å². The molecule has 3 aromatic rings. The number of carbonyl (C=O) groups is 3. The Kier molecular flexibility index (Phi) is 6.72. The molecule has 0 saturated heterocycles. The Morgan fingerprint density at radius 3 is 2.32 bits per heavy atom. The van der Waals surface area contributed by atoms with Gasteiger partial charge in [0, 0.05) is 22.0 Å². The van der Waals surface area contributed by atoms with Gasteiger partial charge in [0.05, 0.1) is 5.69 Å². The third kappa shape index (κ3) is 4.55. The second kappa shape index (κ2) is 9.71. The molecule has 6 nitrogen and oxygen atoms in total. The van der Waals surface area contributed by atoms with Gasteiger partial charge in [-0.3, -0.25) is 14.4 Å². The van der Waals surface area contributed by atoms with Gasteiger partial charge in [-0.2, -0.15) is 0 Å². The van der Waals surface area contributed by atoms with Crippen molar-refractivity contribution < 1.29 is 14.4 Å². The maximum atomic E-state index is 13.1. The number of halogens is 2. The first kappa shape index (κ1) is 23.5. The first-order chi connectivity index (χ1) is 16.3. The minimum atomic E-state index is -0.649. The van der Waals surface area contributed by atoms with Crippen molar-refractivity contribution in [3.8, 4) is 0 Å². The van der Waals surface area contributed by atoms with Crippen LogP contribution in [0.1, 0.15) is 28.4 Å². The number of nitrogens with zero attached hydrogens (tertiary/aromatic N) is 1. The molecule has 3 aromatic carbocycles. The molecule has 3 amide bonds. The van der Waals surface area contributed by atoms with E-state index < -0.39 is 11.8 Å². The highest BCUT2D eigenvalue weighted by molar-refractivity contribution is 6.53. The van der Waals surface area contributed by atoms with Crippen LogP contribution in [0.2, 0.25) is 5.02 Å². The van der Waals surface area contributed by atoms with Gasteiger partial charge >= 0.3 is 0 Å². The van der Waals surface area contributed by atoms with Crippen LogP contribution in [0.15, 0.2) is 77.5 Å². The number of carbonyl (C=O) groups excluding carboxylic acids is 3. The molecule has 1 aliphatic rings. The Morgan fingerprint density at radius 1 is 0.912 bits per heavy atom. The molecule has 0 aliphatic carbocycles. The zero-order chi connectivity index (χ0) is 24.4. The summed E-state index contributed by atoms with van der Waals surface area (Å²) in [7, 11) is 0. The molecule has 0 aromatic heterocycles. The number of amides is 3. The lowest BCUT2D eigenvalue weighted by atomic mass is 10.1. The number of anilines is 3. The summed E-state index contributed by atoms with van der Waals surface area (Å²) in [5, 5.41) is 5.94. The Labute approximate surface area is 207 Å². The fraction of sp³-hybridized carbons (Fsp3) is 0.115. The van der Waals surface area contributed by atoms with Crippen molar-refractivity contribution in [2.24, 2.45) is 0 Å². The van der Waals surface area contributed by atoms with Crippen LogP contribution in [0.3, 0.4) is 0 Å². The first-order valence-electron chi connectivity index (χ1n) is 10.6. The van der Waals surface area contributed by atoms with Crippen LogP contribution in [0.25, 0.3) is 0 Å². The van der Waals surface area contributed by atoms with E-state index >= 15 is 0 Å². The molecule has 0 radical (unpaired) electrons. The summed E-state index contributed by atoms with van der Waals surface area (Å²) in [6.45, 7) is 3.78. The topological polar surface area (TPSA) is 78.5 Å². The van der Waals surface area contributed by atoms with E-state index in [1.54, 1.807) is 49.4 Å². The van der Waals surface area contributed by atoms with E-state index in [1.165, 1.54) is 5.56 Å². The number of nitrogens with one attached hydrogen (secondary N) is 2. The van der Waals surface area contributed by atoms with E-state index in [1.807, 2.05) is 24.3 Å². The summed E-state index contributed by atoms with van der Waals surface area (Å²) in [6.07, 6.45) is 0.913. The van der Waals surface area contributed by atoms with Crippen molar-refractivity contribution in [3.05, 3.63) is 99.2 Å². The molecule has 0 atom stereocenters. The maximum Gasteiger partial charge on any atom is 0.283 e. The van der Waals surface area contributed by atoms with Crippen molar-refractivity contribution in [2.45, 2.75) is 20.3 Å². The van der Waals surface area contributed by atoms with E-state index in [-0.39, 0.29) is 16.6 Å². The maximum absolute atomic E-state index is 13.1. The number of hydrogen-bond acceptors (Lipinski definition) is 4. The number of rotatable bonds is 6. The minimum absolute atomic E-state index is 0.0706. The van der Waals surface area contributed by atoms with Crippen LogP contribution in [-0.2, 0) is 16.0 Å². The van der Waals surface area contributed by atoms with E-state index in [4.69, 9.17) is 23.2 Å². The van der Waals surface area contributed by atoms with Crippen LogP contribution in [-0.4, -0.2) is 17.7 Å². The van der Waals surface area contributed by atoms with Gasteiger partial charge in [0.1, 0.15) is 10.7 Å². The predicted molar refractivity (Wildman–Crippen MR) is 135 cm³/mol. The van der Waals surface area contributed by atoms with Gasteiger partial charge in [-0.15, -0.1) is 0 Å². The highest BCUT2D eigenvalue weighted by atomic mass is 35.5. The molecule has 0 fully saturated rings. The molecule has 172 valence electrons. The average molecular weight is 494 g/mol. The third-order valence-electron chi connectivity index (χ3n) is 5.52. The second-order valence-corrected chi connectivity index (χ2v) is 8.51. The van der Waals surface area contributed by atoms with E-state index in [0.29, 0.717) is 33.2 Å². The smallest absolute Gasteiger partial charge is 0.283 e. The highest BCUT2D eigenvalue weighted by Crippen LogP contribution is 2.34. The number of benzene rings is 3. The summed E-state index contributed by atoms with van der Waals surface area (Å²) in [6, 6.07) is 19.1. The lowest BCUT2D eigenvalue weighted by Crippen LogP contribution is -2.32. The number of aryl methyl sites for hydroxylation is 1. The largest absolute Gasteiger partial charge is 0.350 e. The van der Waals surface area contributed by atoms with Gasteiger partial charge in [0.25, 0.3) is 17.7 Å². The molecule has 0 unspecified atom stereocenters. The van der Waals surface area contributed by atoms with Crippen molar-refractivity contribution in [1.82, 2.24) is 0 Å². The molecule has 0 saturated carbocycles. The third-order valence-corrected chi connectivity index (χ3v) is 6.28.